The Hall–Kier alpha value is -3.07. The Morgan fingerprint density at radius 1 is 1.12 bits per heavy atom. The van der Waals surface area contributed by atoms with E-state index in [0.29, 0.717) is 34.9 Å². The van der Waals surface area contributed by atoms with Gasteiger partial charge in [-0.1, -0.05) is 24.3 Å². The minimum atomic E-state index is -2.94. The second-order valence-corrected chi connectivity index (χ2v) is 10.2. The first-order valence-electron chi connectivity index (χ1n) is 10.3. The molecule has 1 atom stereocenters. The van der Waals surface area contributed by atoms with Crippen molar-refractivity contribution < 1.29 is 17.8 Å². The molecule has 1 amide bonds. The van der Waals surface area contributed by atoms with Crippen molar-refractivity contribution in [1.29, 1.82) is 4.78 Å². The minimum Gasteiger partial charge on any atom is -0.356 e. The van der Waals surface area contributed by atoms with Crippen molar-refractivity contribution in [3.05, 3.63) is 60.2 Å². The average molecular weight is 459 g/mol. The highest BCUT2D eigenvalue weighted by molar-refractivity contribution is 7.91. The number of halogens is 2. The zero-order chi connectivity index (χ0) is 22.9. The fourth-order valence-electron chi connectivity index (χ4n) is 3.80. The SMILES string of the molecule is CS(=N)(=O)c1cccc(NC(=O)c2cc3ccccc3nc2N2CCCC(F)(F)CC2)c1. The number of hydrogen-bond donors (Lipinski definition) is 2. The van der Waals surface area contributed by atoms with Crippen LogP contribution in [-0.2, 0) is 9.73 Å². The molecule has 9 heteroatoms. The van der Waals surface area contributed by atoms with Gasteiger partial charge in [0, 0.05) is 48.2 Å². The van der Waals surface area contributed by atoms with Crippen molar-refractivity contribution in [3.8, 4) is 0 Å². The van der Waals surface area contributed by atoms with Gasteiger partial charge in [0.25, 0.3) is 5.91 Å². The first kappa shape index (κ1) is 22.1. The molecule has 0 aliphatic carbocycles. The number of rotatable bonds is 4. The Labute approximate surface area is 185 Å². The predicted octanol–water partition coefficient (Wildman–Crippen LogP) is 5.15. The Morgan fingerprint density at radius 2 is 1.91 bits per heavy atom. The number of nitrogens with zero attached hydrogens (tertiary/aromatic N) is 2. The van der Waals surface area contributed by atoms with Gasteiger partial charge in [-0.05, 0) is 36.8 Å². The van der Waals surface area contributed by atoms with Gasteiger partial charge in [0.1, 0.15) is 5.82 Å². The number of benzene rings is 2. The summed E-state index contributed by atoms with van der Waals surface area (Å²) in [5, 5.41) is 3.55. The smallest absolute Gasteiger partial charge is 0.259 e. The molecule has 32 heavy (non-hydrogen) atoms. The summed E-state index contributed by atoms with van der Waals surface area (Å²) in [5.41, 5.74) is 1.36. The summed E-state index contributed by atoms with van der Waals surface area (Å²) in [4.78, 5) is 20.0. The molecule has 0 saturated carbocycles. The molecule has 2 N–H and O–H groups in total. The first-order valence-corrected chi connectivity index (χ1v) is 12.3. The highest BCUT2D eigenvalue weighted by atomic mass is 32.2. The maximum absolute atomic E-state index is 13.9. The Morgan fingerprint density at radius 3 is 2.69 bits per heavy atom. The van der Waals surface area contributed by atoms with E-state index in [2.05, 4.69) is 10.3 Å². The second-order valence-electron chi connectivity index (χ2n) is 8.07. The van der Waals surface area contributed by atoms with Crippen LogP contribution in [0.2, 0.25) is 0 Å². The summed E-state index contributed by atoms with van der Waals surface area (Å²) < 4.78 is 47.7. The third kappa shape index (κ3) is 4.88. The van der Waals surface area contributed by atoms with Crippen LogP contribution in [0, 0.1) is 4.78 Å². The molecule has 2 heterocycles. The number of aromatic nitrogens is 1. The van der Waals surface area contributed by atoms with Crippen LogP contribution in [0.3, 0.4) is 0 Å². The van der Waals surface area contributed by atoms with E-state index in [1.807, 2.05) is 24.3 Å². The van der Waals surface area contributed by atoms with E-state index in [-0.39, 0.29) is 24.9 Å². The summed E-state index contributed by atoms with van der Waals surface area (Å²) in [6.45, 7) is 0.484. The van der Waals surface area contributed by atoms with Crippen molar-refractivity contribution >= 4 is 38.0 Å². The predicted molar refractivity (Wildman–Crippen MR) is 122 cm³/mol. The summed E-state index contributed by atoms with van der Waals surface area (Å²) in [5.74, 6) is -2.80. The molecule has 168 valence electrons. The molecule has 1 fully saturated rings. The molecule has 0 radical (unpaired) electrons. The van der Waals surface area contributed by atoms with Crippen LogP contribution in [0.4, 0.5) is 20.3 Å². The quantitative estimate of drug-likeness (QED) is 0.566. The van der Waals surface area contributed by atoms with Gasteiger partial charge in [0.15, 0.2) is 0 Å². The van der Waals surface area contributed by atoms with Crippen LogP contribution in [0.25, 0.3) is 10.9 Å². The fourth-order valence-corrected chi connectivity index (χ4v) is 4.49. The monoisotopic (exact) mass is 458 g/mol. The summed E-state index contributed by atoms with van der Waals surface area (Å²) in [6.07, 6.45) is 1.14. The number of carbonyl (C=O) groups excluding carboxylic acids is 1. The van der Waals surface area contributed by atoms with Crippen LogP contribution in [-0.4, -0.2) is 40.4 Å². The van der Waals surface area contributed by atoms with E-state index in [0.717, 1.165) is 5.39 Å². The van der Waals surface area contributed by atoms with Gasteiger partial charge < -0.3 is 10.2 Å². The van der Waals surface area contributed by atoms with Gasteiger partial charge in [-0.25, -0.2) is 22.8 Å². The van der Waals surface area contributed by atoms with E-state index in [9.17, 15) is 17.8 Å². The van der Waals surface area contributed by atoms with Crippen LogP contribution < -0.4 is 10.2 Å². The van der Waals surface area contributed by atoms with E-state index in [4.69, 9.17) is 4.78 Å². The van der Waals surface area contributed by atoms with Gasteiger partial charge in [-0.3, -0.25) is 4.79 Å². The molecular formula is C23H24F2N4O2S. The number of amides is 1. The van der Waals surface area contributed by atoms with Crippen LogP contribution in [0.15, 0.2) is 59.5 Å². The van der Waals surface area contributed by atoms with E-state index in [1.54, 1.807) is 29.2 Å². The van der Waals surface area contributed by atoms with E-state index in [1.165, 1.54) is 12.3 Å². The molecule has 2 aromatic carbocycles. The maximum atomic E-state index is 13.9. The molecule has 3 aromatic rings. The molecule has 0 bridgehead atoms. The highest BCUT2D eigenvalue weighted by Gasteiger charge is 2.33. The number of pyridine rings is 1. The summed E-state index contributed by atoms with van der Waals surface area (Å²) in [7, 11) is -2.94. The zero-order valence-corrected chi connectivity index (χ0v) is 18.4. The van der Waals surface area contributed by atoms with Gasteiger partial charge in [0.05, 0.1) is 20.8 Å². The standard InChI is InChI=1S/C23H24F2N4O2S/c1-32(26,31)18-8-4-7-17(15-18)27-22(30)19-14-16-6-2-3-9-20(16)28-21(19)29-12-5-10-23(24,25)11-13-29/h2-4,6-9,14-15,26H,5,10-13H2,1H3,(H,27,30). The van der Waals surface area contributed by atoms with Crippen molar-refractivity contribution in [3.63, 3.8) is 0 Å². The van der Waals surface area contributed by atoms with Crippen molar-refractivity contribution in [2.45, 2.75) is 30.1 Å². The molecule has 4 rings (SSSR count). The third-order valence-corrected chi connectivity index (χ3v) is 6.66. The molecular weight excluding hydrogens is 434 g/mol. The molecule has 1 aromatic heterocycles. The lowest BCUT2D eigenvalue weighted by molar-refractivity contribution is -0.0102. The average Bonchev–Trinajstić information content (AvgIpc) is 2.92. The number of para-hydroxylation sites is 1. The number of hydrogen-bond acceptors (Lipinski definition) is 5. The molecule has 1 aliphatic heterocycles. The first-order chi connectivity index (χ1) is 15.1. The van der Waals surface area contributed by atoms with Crippen molar-refractivity contribution in [1.82, 2.24) is 4.98 Å². The van der Waals surface area contributed by atoms with Crippen LogP contribution in [0.1, 0.15) is 29.6 Å². The topological polar surface area (TPSA) is 86.2 Å². The summed E-state index contributed by atoms with van der Waals surface area (Å²) >= 11 is 0. The number of carbonyl (C=O) groups is 1. The normalized spacial score (nSPS) is 18.0. The molecule has 0 spiro atoms. The van der Waals surface area contributed by atoms with Crippen LogP contribution >= 0.6 is 0 Å². The second kappa shape index (κ2) is 8.46. The third-order valence-electron chi connectivity index (χ3n) is 5.51. The zero-order valence-electron chi connectivity index (χ0n) is 17.6. The van der Waals surface area contributed by atoms with Crippen LogP contribution in [0.5, 0.6) is 0 Å². The lowest BCUT2D eigenvalue weighted by Crippen LogP contribution is -2.29. The van der Waals surface area contributed by atoms with Gasteiger partial charge >= 0.3 is 0 Å². The maximum Gasteiger partial charge on any atom is 0.259 e. The van der Waals surface area contributed by atoms with E-state index < -0.39 is 21.6 Å². The van der Waals surface area contributed by atoms with Gasteiger partial charge in [0.2, 0.25) is 5.92 Å². The lowest BCUT2D eigenvalue weighted by Gasteiger charge is -2.24. The Balaban J connectivity index is 1.72. The number of anilines is 2. The Kier molecular flexibility index (Phi) is 5.85. The highest BCUT2D eigenvalue weighted by Crippen LogP contribution is 2.32. The van der Waals surface area contributed by atoms with Crippen molar-refractivity contribution in [2.24, 2.45) is 0 Å². The molecule has 6 nitrogen and oxygen atoms in total. The number of fused-ring (bicyclic) bond motifs is 1. The minimum absolute atomic E-state index is 0.102. The van der Waals surface area contributed by atoms with Gasteiger partial charge in [-0.2, -0.15) is 0 Å². The van der Waals surface area contributed by atoms with Crippen molar-refractivity contribution in [2.75, 3.05) is 29.6 Å². The summed E-state index contributed by atoms with van der Waals surface area (Å²) in [6, 6.07) is 15.4. The largest absolute Gasteiger partial charge is 0.356 e. The van der Waals surface area contributed by atoms with Gasteiger partial charge in [-0.15, -0.1) is 0 Å². The molecule has 1 saturated heterocycles. The molecule has 1 aliphatic rings. The number of alkyl halides is 2. The molecule has 1 unspecified atom stereocenters. The fraction of sp³-hybridized carbons (Fsp3) is 0.304. The lowest BCUT2D eigenvalue weighted by atomic mass is 10.1. The Bertz CT molecular complexity index is 1280. The number of nitrogens with one attached hydrogen (secondary N) is 2. The van der Waals surface area contributed by atoms with E-state index >= 15 is 0 Å².